The van der Waals surface area contributed by atoms with E-state index in [0.29, 0.717) is 19.0 Å². The molecule has 0 spiro atoms. The van der Waals surface area contributed by atoms with Gasteiger partial charge in [0, 0.05) is 73.7 Å². The third-order valence-electron chi connectivity index (χ3n) is 7.34. The molecule has 0 N–H and O–H groups in total. The van der Waals surface area contributed by atoms with Gasteiger partial charge in [0.15, 0.2) is 5.82 Å². The Balaban J connectivity index is 1.48. The predicted octanol–water partition coefficient (Wildman–Crippen LogP) is 3.58. The van der Waals surface area contributed by atoms with Crippen LogP contribution in [0.25, 0.3) is 28.0 Å². The zero-order chi connectivity index (χ0) is 24.1. The second-order valence-corrected chi connectivity index (χ2v) is 9.61. The molecule has 6 heterocycles. The number of fused-ring (bicyclic) bond motifs is 2. The second kappa shape index (κ2) is 8.64. The fourth-order valence-corrected chi connectivity index (χ4v) is 5.51. The topological polar surface area (TPSA) is 83.0 Å². The van der Waals surface area contributed by atoms with E-state index >= 15 is 0 Å². The van der Waals surface area contributed by atoms with Crippen LogP contribution in [0.15, 0.2) is 30.7 Å². The normalized spacial score (nSPS) is 16.7. The van der Waals surface area contributed by atoms with Crippen LogP contribution in [-0.4, -0.2) is 59.7 Å². The Kier molecular flexibility index (Phi) is 5.44. The largest absolute Gasteiger partial charge is 0.381 e. The molecule has 2 aliphatic heterocycles. The Bertz CT molecular complexity index is 1410. The van der Waals surface area contributed by atoms with Crippen LogP contribution < -0.4 is 0 Å². The van der Waals surface area contributed by atoms with Gasteiger partial charge in [-0.15, -0.1) is 0 Å². The SMILES string of the molecule is CCC(=O)N1CCc2c(c(-n3c(C)cc4cc(-c5cnn(C)c5)ncc43)nn2C2CCOCC2)C1. The lowest BCUT2D eigenvalue weighted by Crippen LogP contribution is -2.36. The van der Waals surface area contributed by atoms with Gasteiger partial charge in [-0.05, 0) is 31.9 Å². The molecule has 35 heavy (non-hydrogen) atoms. The average molecular weight is 474 g/mol. The van der Waals surface area contributed by atoms with Crippen molar-refractivity contribution in [2.75, 3.05) is 19.8 Å². The molecule has 0 unspecified atom stereocenters. The Morgan fingerprint density at radius 1 is 1.20 bits per heavy atom. The van der Waals surface area contributed by atoms with E-state index in [1.807, 2.05) is 37.5 Å². The van der Waals surface area contributed by atoms with E-state index in [4.69, 9.17) is 14.8 Å². The van der Waals surface area contributed by atoms with Crippen LogP contribution >= 0.6 is 0 Å². The first kappa shape index (κ1) is 22.0. The fourth-order valence-electron chi connectivity index (χ4n) is 5.51. The number of pyridine rings is 1. The summed E-state index contributed by atoms with van der Waals surface area (Å²) in [6.07, 6.45) is 9.02. The van der Waals surface area contributed by atoms with Gasteiger partial charge in [-0.1, -0.05) is 6.92 Å². The molecule has 1 saturated heterocycles. The van der Waals surface area contributed by atoms with Crippen LogP contribution in [0.3, 0.4) is 0 Å². The lowest BCUT2D eigenvalue weighted by atomic mass is 10.0. The van der Waals surface area contributed by atoms with E-state index in [0.717, 1.165) is 78.3 Å². The van der Waals surface area contributed by atoms with Gasteiger partial charge >= 0.3 is 0 Å². The molecular formula is C26H31N7O2. The van der Waals surface area contributed by atoms with Crippen molar-refractivity contribution in [2.24, 2.45) is 7.05 Å². The molecule has 1 fully saturated rings. The van der Waals surface area contributed by atoms with Crippen molar-refractivity contribution in [3.63, 3.8) is 0 Å². The zero-order valence-corrected chi connectivity index (χ0v) is 20.6. The zero-order valence-electron chi connectivity index (χ0n) is 20.6. The summed E-state index contributed by atoms with van der Waals surface area (Å²) in [7, 11) is 1.91. The summed E-state index contributed by atoms with van der Waals surface area (Å²) in [5.41, 5.74) is 6.43. The molecule has 2 aliphatic rings. The molecule has 0 atom stereocenters. The van der Waals surface area contributed by atoms with E-state index in [2.05, 4.69) is 33.4 Å². The van der Waals surface area contributed by atoms with Gasteiger partial charge in [0.1, 0.15) is 0 Å². The number of hydrogen-bond donors (Lipinski definition) is 0. The van der Waals surface area contributed by atoms with Crippen molar-refractivity contribution in [2.45, 2.75) is 52.1 Å². The lowest BCUT2D eigenvalue weighted by Gasteiger charge is -2.30. The maximum absolute atomic E-state index is 12.6. The third kappa shape index (κ3) is 3.74. The lowest BCUT2D eigenvalue weighted by molar-refractivity contribution is -0.131. The van der Waals surface area contributed by atoms with Crippen molar-refractivity contribution < 1.29 is 9.53 Å². The first-order valence-electron chi connectivity index (χ1n) is 12.5. The van der Waals surface area contributed by atoms with Crippen LogP contribution in [0, 0.1) is 6.92 Å². The number of carbonyl (C=O) groups is 1. The number of amides is 1. The number of aryl methyl sites for hydroxylation is 2. The standard InChI is InChI=1S/C26H31N7O2/c1-4-25(34)31-8-5-23-21(16-31)26(29-33(23)20-6-9-35-10-7-20)32-17(2)11-18-12-22(27-14-24(18)32)19-13-28-30(3)15-19/h11-15,20H,4-10,16H2,1-3H3. The van der Waals surface area contributed by atoms with E-state index in [-0.39, 0.29) is 5.91 Å². The molecule has 0 radical (unpaired) electrons. The molecule has 0 saturated carbocycles. The van der Waals surface area contributed by atoms with Crippen LogP contribution in [0.2, 0.25) is 0 Å². The average Bonchev–Trinajstić information content (AvgIpc) is 3.57. The van der Waals surface area contributed by atoms with Crippen molar-refractivity contribution in [1.29, 1.82) is 0 Å². The minimum Gasteiger partial charge on any atom is -0.381 e. The molecule has 0 bridgehead atoms. The maximum Gasteiger partial charge on any atom is 0.222 e. The van der Waals surface area contributed by atoms with Crippen molar-refractivity contribution in [3.05, 3.63) is 47.7 Å². The van der Waals surface area contributed by atoms with Gasteiger partial charge in [-0.25, -0.2) is 0 Å². The van der Waals surface area contributed by atoms with Gasteiger partial charge in [0.2, 0.25) is 5.91 Å². The number of carbonyl (C=O) groups excluding carboxylic acids is 1. The fraction of sp³-hybridized carbons (Fsp3) is 0.462. The number of rotatable bonds is 4. The summed E-state index contributed by atoms with van der Waals surface area (Å²) >= 11 is 0. The Morgan fingerprint density at radius 2 is 2.03 bits per heavy atom. The Hall–Kier alpha value is -3.46. The highest BCUT2D eigenvalue weighted by Crippen LogP contribution is 2.34. The summed E-state index contributed by atoms with van der Waals surface area (Å²) in [5.74, 6) is 1.11. The molecule has 4 aromatic heterocycles. The van der Waals surface area contributed by atoms with Crippen LogP contribution in [0.1, 0.15) is 49.2 Å². The molecule has 4 aromatic rings. The van der Waals surface area contributed by atoms with Crippen LogP contribution in [0.5, 0.6) is 0 Å². The van der Waals surface area contributed by atoms with Gasteiger partial charge in [-0.3, -0.25) is 23.7 Å². The molecule has 182 valence electrons. The number of hydrogen-bond acceptors (Lipinski definition) is 5. The summed E-state index contributed by atoms with van der Waals surface area (Å²) in [6.45, 7) is 6.92. The van der Waals surface area contributed by atoms with E-state index in [1.54, 1.807) is 4.68 Å². The van der Waals surface area contributed by atoms with Crippen molar-refractivity contribution >= 4 is 16.8 Å². The molecule has 6 rings (SSSR count). The maximum atomic E-state index is 12.6. The molecule has 0 aliphatic carbocycles. The molecular weight excluding hydrogens is 442 g/mol. The predicted molar refractivity (Wildman–Crippen MR) is 132 cm³/mol. The number of nitrogens with zero attached hydrogens (tertiary/aromatic N) is 7. The quantitative estimate of drug-likeness (QED) is 0.453. The highest BCUT2D eigenvalue weighted by Gasteiger charge is 2.31. The van der Waals surface area contributed by atoms with Crippen molar-refractivity contribution in [3.8, 4) is 17.1 Å². The third-order valence-corrected chi connectivity index (χ3v) is 7.34. The van der Waals surface area contributed by atoms with E-state index in [1.165, 1.54) is 5.69 Å². The van der Waals surface area contributed by atoms with E-state index in [9.17, 15) is 4.79 Å². The van der Waals surface area contributed by atoms with Crippen LogP contribution in [-0.2, 0) is 29.5 Å². The van der Waals surface area contributed by atoms with E-state index < -0.39 is 0 Å². The van der Waals surface area contributed by atoms with Gasteiger partial charge < -0.3 is 9.64 Å². The second-order valence-electron chi connectivity index (χ2n) is 9.61. The summed E-state index contributed by atoms with van der Waals surface area (Å²) in [4.78, 5) is 19.3. The van der Waals surface area contributed by atoms with Gasteiger partial charge in [0.25, 0.3) is 0 Å². The molecule has 9 heteroatoms. The summed E-state index contributed by atoms with van der Waals surface area (Å²) in [6, 6.07) is 4.64. The highest BCUT2D eigenvalue weighted by atomic mass is 16.5. The number of ether oxygens (including phenoxy) is 1. The Labute approximate surface area is 204 Å². The smallest absolute Gasteiger partial charge is 0.222 e. The minimum atomic E-state index is 0.192. The first-order chi connectivity index (χ1) is 17.0. The molecule has 0 aromatic carbocycles. The summed E-state index contributed by atoms with van der Waals surface area (Å²) < 4.78 is 11.9. The van der Waals surface area contributed by atoms with Gasteiger partial charge in [0.05, 0.1) is 36.2 Å². The summed E-state index contributed by atoms with van der Waals surface area (Å²) in [5, 5.41) is 10.6. The van der Waals surface area contributed by atoms with Crippen molar-refractivity contribution in [1.82, 2.24) is 34.0 Å². The number of aromatic nitrogens is 6. The highest BCUT2D eigenvalue weighted by molar-refractivity contribution is 5.86. The Morgan fingerprint density at radius 3 is 2.77 bits per heavy atom. The first-order valence-corrected chi connectivity index (χ1v) is 12.5. The molecule has 9 nitrogen and oxygen atoms in total. The van der Waals surface area contributed by atoms with Gasteiger partial charge in [-0.2, -0.15) is 10.2 Å². The monoisotopic (exact) mass is 473 g/mol. The van der Waals surface area contributed by atoms with Crippen LogP contribution in [0.4, 0.5) is 0 Å². The molecule has 1 amide bonds. The minimum absolute atomic E-state index is 0.192.